The quantitative estimate of drug-likeness (QED) is 0.468. The Kier molecular flexibility index (Phi) is 4.12. The molecule has 1 aromatic rings. The zero-order valence-electron chi connectivity index (χ0n) is 11.6. The highest BCUT2D eigenvalue weighted by atomic mass is 127. The van der Waals surface area contributed by atoms with E-state index in [-0.39, 0.29) is 11.4 Å². The van der Waals surface area contributed by atoms with Gasteiger partial charge in [-0.1, -0.05) is 4.90 Å². The minimum absolute atomic E-state index is 0.269. The number of ether oxygens (including phenoxy) is 1. The first-order valence-electron chi connectivity index (χ1n) is 6.38. The van der Waals surface area contributed by atoms with Crippen molar-refractivity contribution in [1.29, 1.82) is 0 Å². The number of nitrogens with zero attached hydrogens (tertiary/aromatic N) is 3. The van der Waals surface area contributed by atoms with Crippen molar-refractivity contribution in [1.82, 2.24) is 9.91 Å². The molecule has 0 aromatic heterocycles. The van der Waals surface area contributed by atoms with Crippen LogP contribution in [0.3, 0.4) is 0 Å². The summed E-state index contributed by atoms with van der Waals surface area (Å²) in [6.07, 6.45) is 4.87. The van der Waals surface area contributed by atoms with Gasteiger partial charge in [0.2, 0.25) is 17.7 Å². The summed E-state index contributed by atoms with van der Waals surface area (Å²) in [6.45, 7) is 0.354. The van der Waals surface area contributed by atoms with Crippen molar-refractivity contribution in [2.45, 2.75) is 0 Å². The SMILES string of the molecule is COC(=O)C1=C[N+]2C=NC=C2CN1Nc1ccc(I)cc1F. The zero-order chi connectivity index (χ0) is 15.7. The third kappa shape index (κ3) is 2.83. The normalized spacial score (nSPS) is 17.0. The zero-order valence-corrected chi connectivity index (χ0v) is 13.7. The molecule has 22 heavy (non-hydrogen) atoms. The van der Waals surface area contributed by atoms with E-state index in [9.17, 15) is 9.18 Å². The molecule has 2 aliphatic rings. The van der Waals surface area contributed by atoms with Crippen LogP contribution in [0.15, 0.2) is 47.0 Å². The van der Waals surface area contributed by atoms with E-state index in [1.54, 1.807) is 35.8 Å². The summed E-state index contributed by atoms with van der Waals surface area (Å²) in [4.78, 5) is 17.7. The van der Waals surface area contributed by atoms with Gasteiger partial charge < -0.3 is 4.74 Å². The number of rotatable bonds is 3. The summed E-state index contributed by atoms with van der Waals surface area (Å²) in [6, 6.07) is 4.82. The van der Waals surface area contributed by atoms with E-state index >= 15 is 0 Å². The van der Waals surface area contributed by atoms with Crippen LogP contribution in [0.2, 0.25) is 0 Å². The summed E-state index contributed by atoms with van der Waals surface area (Å²) >= 11 is 2.03. The fourth-order valence-corrected chi connectivity index (χ4v) is 2.57. The number of nitrogens with one attached hydrogen (secondary N) is 1. The van der Waals surface area contributed by atoms with Gasteiger partial charge >= 0.3 is 5.97 Å². The molecule has 0 unspecified atom stereocenters. The van der Waals surface area contributed by atoms with E-state index in [0.717, 1.165) is 9.27 Å². The lowest BCUT2D eigenvalue weighted by atomic mass is 10.3. The van der Waals surface area contributed by atoms with Gasteiger partial charge in [0.05, 0.1) is 19.0 Å². The molecule has 1 radical (unpaired) electrons. The molecule has 8 heteroatoms. The van der Waals surface area contributed by atoms with E-state index in [1.807, 2.05) is 22.6 Å². The van der Waals surface area contributed by atoms with Gasteiger partial charge in [0.25, 0.3) is 0 Å². The van der Waals surface area contributed by atoms with E-state index in [4.69, 9.17) is 4.74 Å². The van der Waals surface area contributed by atoms with Crippen molar-refractivity contribution in [3.63, 3.8) is 0 Å². The molecule has 1 N–H and O–H groups in total. The Morgan fingerprint density at radius 3 is 3.09 bits per heavy atom. The number of benzene rings is 1. The number of esters is 1. The molecule has 3 rings (SSSR count). The molecule has 0 spiro atoms. The number of carbonyl (C=O) groups is 1. The Hall–Kier alpha value is -1.94. The number of carbonyl (C=O) groups excluding carboxylic acids is 1. The lowest BCUT2D eigenvalue weighted by Crippen LogP contribution is -2.43. The number of hydrogen-bond donors (Lipinski definition) is 1. The van der Waals surface area contributed by atoms with Gasteiger partial charge in [0, 0.05) is 3.57 Å². The van der Waals surface area contributed by atoms with Crippen LogP contribution in [0.1, 0.15) is 0 Å². The first-order valence-corrected chi connectivity index (χ1v) is 7.46. The van der Waals surface area contributed by atoms with Crippen molar-refractivity contribution in [2.24, 2.45) is 4.99 Å². The van der Waals surface area contributed by atoms with E-state index in [2.05, 4.69) is 10.4 Å². The first-order chi connectivity index (χ1) is 10.6. The van der Waals surface area contributed by atoms with Gasteiger partial charge in [0.1, 0.15) is 12.4 Å². The molecule has 113 valence electrons. The molecule has 0 fully saturated rings. The van der Waals surface area contributed by atoms with Crippen LogP contribution in [0.25, 0.3) is 0 Å². The summed E-state index contributed by atoms with van der Waals surface area (Å²) in [5.74, 6) is -0.909. The molecule has 0 bridgehead atoms. The van der Waals surface area contributed by atoms with Gasteiger partial charge in [0.15, 0.2) is 6.20 Å². The molecule has 0 saturated heterocycles. The molecular weight excluding hydrogens is 402 g/mol. The number of halogens is 2. The summed E-state index contributed by atoms with van der Waals surface area (Å²) in [5.41, 5.74) is 4.33. The third-order valence-electron chi connectivity index (χ3n) is 3.20. The number of methoxy groups -OCH3 is 1. The molecule has 2 aliphatic heterocycles. The molecule has 0 amide bonds. The molecule has 1 aromatic carbocycles. The molecule has 0 atom stereocenters. The van der Waals surface area contributed by atoms with Crippen LogP contribution in [0.5, 0.6) is 0 Å². The van der Waals surface area contributed by atoms with Crippen LogP contribution < -0.4 is 10.3 Å². The molecule has 2 heterocycles. The number of hydrogen-bond acceptors (Lipinski definition) is 6. The standard InChI is InChI=1S/C14H12FIN4O2/c1-22-14(21)13-7-19-8-17-5-10(19)6-20(13)18-12-3-2-9(16)4-11(12)15/h2-5,7-8,18H,6H2,1H3/q+1. The molecular formula is C14H12FIN4O2+. The monoisotopic (exact) mass is 414 g/mol. The molecule has 0 saturated carbocycles. The lowest BCUT2D eigenvalue weighted by Gasteiger charge is -2.28. The maximum Gasteiger partial charge on any atom is 0.362 e. The highest BCUT2D eigenvalue weighted by Crippen LogP contribution is 2.24. The smallest absolute Gasteiger partial charge is 0.362 e. The Balaban J connectivity index is 1.90. The van der Waals surface area contributed by atoms with Crippen LogP contribution in [0.4, 0.5) is 10.1 Å². The van der Waals surface area contributed by atoms with Crippen molar-refractivity contribution in [2.75, 3.05) is 19.1 Å². The van der Waals surface area contributed by atoms with E-state index < -0.39 is 11.8 Å². The number of anilines is 1. The highest BCUT2D eigenvalue weighted by molar-refractivity contribution is 14.1. The Morgan fingerprint density at radius 1 is 1.55 bits per heavy atom. The number of aliphatic imine (C=N–C) groups is 1. The van der Waals surface area contributed by atoms with Crippen LogP contribution in [-0.4, -0.2) is 31.0 Å². The van der Waals surface area contributed by atoms with Crippen molar-refractivity contribution >= 4 is 40.6 Å². The highest BCUT2D eigenvalue weighted by Gasteiger charge is 2.36. The largest absolute Gasteiger partial charge is 0.464 e. The summed E-state index contributed by atoms with van der Waals surface area (Å²) < 4.78 is 19.6. The van der Waals surface area contributed by atoms with E-state index in [0.29, 0.717) is 6.54 Å². The van der Waals surface area contributed by atoms with Gasteiger partial charge in [-0.2, -0.15) is 0 Å². The van der Waals surface area contributed by atoms with Crippen molar-refractivity contribution in [3.8, 4) is 0 Å². The second-order valence-electron chi connectivity index (χ2n) is 4.62. The van der Waals surface area contributed by atoms with Crippen LogP contribution >= 0.6 is 22.6 Å². The average molecular weight is 414 g/mol. The second kappa shape index (κ2) is 6.05. The number of fused-ring (bicyclic) bond motifs is 1. The van der Waals surface area contributed by atoms with Crippen LogP contribution in [-0.2, 0) is 9.53 Å². The fraction of sp³-hybridized carbons (Fsp3) is 0.143. The lowest BCUT2D eigenvalue weighted by molar-refractivity contribution is -0.137. The Bertz CT molecular complexity index is 717. The maximum absolute atomic E-state index is 14.0. The summed E-state index contributed by atoms with van der Waals surface area (Å²) in [5, 5.41) is 1.54. The first kappa shape index (κ1) is 15.0. The summed E-state index contributed by atoms with van der Waals surface area (Å²) in [7, 11) is 1.30. The third-order valence-corrected chi connectivity index (χ3v) is 3.87. The number of hydrazine groups is 1. The minimum Gasteiger partial charge on any atom is -0.464 e. The van der Waals surface area contributed by atoms with Gasteiger partial charge in [-0.25, -0.2) is 14.2 Å². The van der Waals surface area contributed by atoms with Crippen molar-refractivity contribution in [3.05, 3.63) is 51.4 Å². The second-order valence-corrected chi connectivity index (χ2v) is 5.87. The average Bonchev–Trinajstić information content (AvgIpc) is 2.95. The van der Waals surface area contributed by atoms with Gasteiger partial charge in [-0.15, -0.1) is 0 Å². The molecule has 6 nitrogen and oxygen atoms in total. The predicted molar refractivity (Wildman–Crippen MR) is 88.3 cm³/mol. The van der Waals surface area contributed by atoms with Gasteiger partial charge in [-0.05, 0) is 40.8 Å². The Morgan fingerprint density at radius 2 is 2.36 bits per heavy atom. The van der Waals surface area contributed by atoms with E-state index in [1.165, 1.54) is 18.2 Å². The maximum atomic E-state index is 14.0. The Labute approximate surface area is 140 Å². The van der Waals surface area contributed by atoms with Crippen molar-refractivity contribution < 1.29 is 13.9 Å². The fourth-order valence-electron chi connectivity index (χ4n) is 2.11. The minimum atomic E-state index is -0.516. The van der Waals surface area contributed by atoms with Gasteiger partial charge in [-0.3, -0.25) is 10.4 Å². The van der Waals surface area contributed by atoms with Crippen LogP contribution in [0, 0.1) is 9.39 Å². The molecule has 0 aliphatic carbocycles. The predicted octanol–water partition coefficient (Wildman–Crippen LogP) is 2.11. The topological polar surface area (TPSA) is 59.8 Å².